The maximum atomic E-state index is 12.4. The fourth-order valence-electron chi connectivity index (χ4n) is 2.18. The highest BCUT2D eigenvalue weighted by molar-refractivity contribution is 5.92. The number of aromatic nitrogens is 1. The van der Waals surface area contributed by atoms with Gasteiger partial charge in [0.15, 0.2) is 0 Å². The van der Waals surface area contributed by atoms with Crippen LogP contribution in [-0.4, -0.2) is 52.9 Å². The van der Waals surface area contributed by atoms with Crippen molar-refractivity contribution in [3.63, 3.8) is 0 Å². The summed E-state index contributed by atoms with van der Waals surface area (Å²) in [7, 11) is 2.09. The Morgan fingerprint density at radius 2 is 2.16 bits per heavy atom. The number of hydrogen-bond donors (Lipinski definition) is 2. The van der Waals surface area contributed by atoms with Crippen LogP contribution in [0.5, 0.6) is 0 Å². The van der Waals surface area contributed by atoms with Crippen molar-refractivity contribution < 1.29 is 4.79 Å². The van der Waals surface area contributed by atoms with Crippen molar-refractivity contribution in [1.29, 1.82) is 0 Å². The average molecular weight is 263 g/mol. The van der Waals surface area contributed by atoms with E-state index in [2.05, 4.69) is 36.2 Å². The number of hydrogen-bond acceptors (Lipinski definition) is 5. The molecule has 1 aliphatic heterocycles. The lowest BCUT2D eigenvalue weighted by molar-refractivity contribution is 0.0307. The lowest BCUT2D eigenvalue weighted by Gasteiger charge is -2.45. The van der Waals surface area contributed by atoms with Crippen LogP contribution in [0, 0.1) is 0 Å². The molecule has 2 heterocycles. The number of likely N-dealkylation sites (N-methyl/N-ethyl adjacent to an activating group) is 1. The molecular weight excluding hydrogens is 242 g/mol. The number of nitrogens with zero attached hydrogens (tertiary/aromatic N) is 3. The van der Waals surface area contributed by atoms with Crippen molar-refractivity contribution in [2.75, 3.05) is 32.1 Å². The van der Waals surface area contributed by atoms with Gasteiger partial charge in [-0.1, -0.05) is 0 Å². The first kappa shape index (κ1) is 13.8. The molecular formula is C13H21N5O. The van der Waals surface area contributed by atoms with Crippen molar-refractivity contribution >= 4 is 11.6 Å². The summed E-state index contributed by atoms with van der Waals surface area (Å²) in [6.45, 7) is 6.60. The number of anilines is 1. The number of nitrogen functional groups attached to an aromatic ring is 1. The molecule has 0 unspecified atom stereocenters. The third kappa shape index (κ3) is 2.85. The van der Waals surface area contributed by atoms with Crippen LogP contribution in [0.1, 0.15) is 24.3 Å². The van der Waals surface area contributed by atoms with Gasteiger partial charge in [-0.2, -0.15) is 0 Å². The summed E-state index contributed by atoms with van der Waals surface area (Å²) < 4.78 is 0. The molecule has 1 fully saturated rings. The van der Waals surface area contributed by atoms with Gasteiger partial charge >= 0.3 is 0 Å². The van der Waals surface area contributed by atoms with Crippen LogP contribution in [0.3, 0.4) is 0 Å². The largest absolute Gasteiger partial charge is 0.334 e. The van der Waals surface area contributed by atoms with Gasteiger partial charge < -0.3 is 10.3 Å². The van der Waals surface area contributed by atoms with E-state index < -0.39 is 0 Å². The Bertz CT molecular complexity index is 457. The Hall–Kier alpha value is -1.66. The zero-order chi connectivity index (χ0) is 14.0. The molecule has 0 bridgehead atoms. The topological polar surface area (TPSA) is 74.5 Å². The minimum absolute atomic E-state index is 0.00728. The monoisotopic (exact) mass is 263 g/mol. The zero-order valence-corrected chi connectivity index (χ0v) is 11.7. The zero-order valence-electron chi connectivity index (χ0n) is 11.7. The number of pyridine rings is 1. The molecule has 6 heteroatoms. The Morgan fingerprint density at radius 1 is 1.42 bits per heavy atom. The summed E-state index contributed by atoms with van der Waals surface area (Å²) in [5, 5.41) is 0. The SMILES string of the molecule is CN1CCN(C(=O)c2ccc(NN)cn2)CC1(C)C. The van der Waals surface area contributed by atoms with Crippen molar-refractivity contribution in [2.24, 2.45) is 5.84 Å². The van der Waals surface area contributed by atoms with E-state index in [-0.39, 0.29) is 11.4 Å². The van der Waals surface area contributed by atoms with Gasteiger partial charge in [0.2, 0.25) is 0 Å². The molecule has 0 spiro atoms. The van der Waals surface area contributed by atoms with E-state index in [1.807, 2.05) is 4.90 Å². The number of hydrazine groups is 1. The molecule has 0 saturated carbocycles. The summed E-state index contributed by atoms with van der Waals surface area (Å²) in [6.07, 6.45) is 1.56. The lowest BCUT2D eigenvalue weighted by atomic mass is 9.99. The van der Waals surface area contributed by atoms with Crippen LogP contribution in [0.2, 0.25) is 0 Å². The fourth-order valence-corrected chi connectivity index (χ4v) is 2.18. The number of rotatable bonds is 2. The van der Waals surface area contributed by atoms with Gasteiger partial charge in [0.05, 0.1) is 11.9 Å². The van der Waals surface area contributed by atoms with E-state index in [4.69, 9.17) is 5.84 Å². The number of carbonyl (C=O) groups excluding carboxylic acids is 1. The highest BCUT2D eigenvalue weighted by Crippen LogP contribution is 2.20. The first-order chi connectivity index (χ1) is 8.94. The normalized spacial score (nSPS) is 19.3. The molecule has 19 heavy (non-hydrogen) atoms. The van der Waals surface area contributed by atoms with Crippen LogP contribution in [-0.2, 0) is 0 Å². The number of piperazine rings is 1. The maximum Gasteiger partial charge on any atom is 0.272 e. The van der Waals surface area contributed by atoms with Crippen LogP contribution >= 0.6 is 0 Å². The predicted molar refractivity (Wildman–Crippen MR) is 74.7 cm³/mol. The number of carbonyl (C=O) groups is 1. The van der Waals surface area contributed by atoms with Crippen LogP contribution in [0.25, 0.3) is 0 Å². The molecule has 0 aliphatic carbocycles. The standard InChI is InChI=1S/C13H21N5O/c1-13(2)9-18(7-6-17(13)3)12(19)11-5-4-10(16-14)8-15-11/h4-5,8,16H,6-7,9,14H2,1-3H3. The van der Waals surface area contributed by atoms with Gasteiger partial charge in [-0.15, -0.1) is 0 Å². The summed E-state index contributed by atoms with van der Waals surface area (Å²) >= 11 is 0. The smallest absolute Gasteiger partial charge is 0.272 e. The third-order valence-corrected chi connectivity index (χ3v) is 3.75. The van der Waals surface area contributed by atoms with E-state index in [0.717, 1.165) is 13.1 Å². The first-order valence-electron chi connectivity index (χ1n) is 6.37. The molecule has 1 aromatic rings. The summed E-state index contributed by atoms with van der Waals surface area (Å²) in [4.78, 5) is 20.7. The van der Waals surface area contributed by atoms with Gasteiger partial charge in [0.25, 0.3) is 5.91 Å². The van der Waals surface area contributed by atoms with Crippen LogP contribution < -0.4 is 11.3 Å². The van der Waals surface area contributed by atoms with Crippen molar-refractivity contribution in [1.82, 2.24) is 14.8 Å². The van der Waals surface area contributed by atoms with Crippen molar-refractivity contribution in [3.05, 3.63) is 24.0 Å². The number of amides is 1. The van der Waals surface area contributed by atoms with Crippen molar-refractivity contribution in [3.8, 4) is 0 Å². The molecule has 2 rings (SSSR count). The molecule has 0 aromatic carbocycles. The Kier molecular flexibility index (Phi) is 3.73. The quantitative estimate of drug-likeness (QED) is 0.601. The number of nitrogens with two attached hydrogens (primary N) is 1. The summed E-state index contributed by atoms with van der Waals surface area (Å²) in [5.41, 5.74) is 3.64. The highest BCUT2D eigenvalue weighted by Gasteiger charge is 2.33. The molecule has 0 radical (unpaired) electrons. The fraction of sp³-hybridized carbons (Fsp3) is 0.538. The predicted octanol–water partition coefficient (Wildman–Crippen LogP) is 0.533. The molecule has 6 nitrogen and oxygen atoms in total. The maximum absolute atomic E-state index is 12.4. The number of nitrogens with one attached hydrogen (secondary N) is 1. The Morgan fingerprint density at radius 3 is 2.68 bits per heavy atom. The molecule has 1 aliphatic rings. The minimum Gasteiger partial charge on any atom is -0.334 e. The molecule has 1 amide bonds. The van der Waals surface area contributed by atoms with Crippen LogP contribution in [0.15, 0.2) is 18.3 Å². The van der Waals surface area contributed by atoms with Crippen LogP contribution in [0.4, 0.5) is 5.69 Å². The van der Waals surface area contributed by atoms with E-state index in [9.17, 15) is 4.79 Å². The highest BCUT2D eigenvalue weighted by atomic mass is 16.2. The second-order valence-corrected chi connectivity index (χ2v) is 5.54. The van der Waals surface area contributed by atoms with Gasteiger partial charge in [0.1, 0.15) is 5.69 Å². The van der Waals surface area contributed by atoms with Gasteiger partial charge in [0, 0.05) is 25.2 Å². The molecule has 1 aromatic heterocycles. The second-order valence-electron chi connectivity index (χ2n) is 5.54. The van der Waals surface area contributed by atoms with Crippen molar-refractivity contribution in [2.45, 2.75) is 19.4 Å². The molecule has 1 saturated heterocycles. The van der Waals surface area contributed by atoms with E-state index in [0.29, 0.717) is 17.9 Å². The van der Waals surface area contributed by atoms with E-state index in [1.165, 1.54) is 0 Å². The summed E-state index contributed by atoms with van der Waals surface area (Å²) in [6, 6.07) is 3.45. The third-order valence-electron chi connectivity index (χ3n) is 3.75. The average Bonchev–Trinajstić information content (AvgIpc) is 2.41. The Labute approximate surface area is 113 Å². The van der Waals surface area contributed by atoms with E-state index in [1.54, 1.807) is 18.3 Å². The summed E-state index contributed by atoms with van der Waals surface area (Å²) in [5.74, 6) is 5.26. The Balaban J connectivity index is 2.11. The molecule has 3 N–H and O–H groups in total. The molecule has 104 valence electrons. The first-order valence-corrected chi connectivity index (χ1v) is 6.37. The lowest BCUT2D eigenvalue weighted by Crippen LogP contribution is -2.58. The van der Waals surface area contributed by atoms with Gasteiger partial charge in [-0.3, -0.25) is 15.5 Å². The minimum atomic E-state index is -0.0234. The van der Waals surface area contributed by atoms with E-state index >= 15 is 0 Å². The second kappa shape index (κ2) is 5.14. The molecule has 0 atom stereocenters. The van der Waals surface area contributed by atoms with Gasteiger partial charge in [-0.05, 0) is 33.0 Å². The van der Waals surface area contributed by atoms with Gasteiger partial charge in [-0.25, -0.2) is 4.98 Å².